The van der Waals surface area contributed by atoms with E-state index in [4.69, 9.17) is 4.74 Å². The number of alkyl halides is 3. The Bertz CT molecular complexity index is 1410. The van der Waals surface area contributed by atoms with Gasteiger partial charge in [-0.2, -0.15) is 0 Å². The molecule has 0 spiro atoms. The van der Waals surface area contributed by atoms with Crippen molar-refractivity contribution in [2.45, 2.75) is 19.2 Å². The first kappa shape index (κ1) is 25.2. The summed E-state index contributed by atoms with van der Waals surface area (Å²) < 4.78 is 89.6. The number of ether oxygens (including phenoxy) is 2. The molecule has 36 heavy (non-hydrogen) atoms. The molecule has 4 rings (SSSR count). The maximum absolute atomic E-state index is 15.2. The lowest BCUT2D eigenvalue weighted by atomic mass is 9.97. The van der Waals surface area contributed by atoms with Crippen molar-refractivity contribution in [1.82, 2.24) is 0 Å². The van der Waals surface area contributed by atoms with Gasteiger partial charge in [-0.15, -0.1) is 13.2 Å². The molecule has 0 atom stereocenters. The smallest absolute Gasteiger partial charge is 0.489 e. The van der Waals surface area contributed by atoms with Crippen LogP contribution in [0.4, 0.5) is 26.3 Å². The van der Waals surface area contributed by atoms with Gasteiger partial charge in [-0.3, -0.25) is 0 Å². The molecule has 0 aromatic heterocycles. The van der Waals surface area contributed by atoms with E-state index < -0.39 is 29.6 Å². The Hall–Kier alpha value is -3.94. The van der Waals surface area contributed by atoms with Crippen LogP contribution < -0.4 is 9.47 Å². The molecule has 0 aliphatic heterocycles. The van der Waals surface area contributed by atoms with Crippen molar-refractivity contribution in [3.8, 4) is 22.6 Å². The molecule has 0 saturated carbocycles. The average molecular weight is 502 g/mol. The molecule has 0 amide bonds. The van der Waals surface area contributed by atoms with E-state index in [1.165, 1.54) is 12.1 Å². The molecule has 0 bridgehead atoms. The van der Waals surface area contributed by atoms with E-state index in [1.54, 1.807) is 48.5 Å². The fraction of sp³-hybridized carbons (Fsp3) is 0.143. The minimum Gasteiger partial charge on any atom is -0.489 e. The van der Waals surface area contributed by atoms with Crippen molar-refractivity contribution in [3.05, 3.63) is 108 Å². The van der Waals surface area contributed by atoms with Crippen LogP contribution in [0.15, 0.2) is 79.4 Å². The maximum atomic E-state index is 15.2. The van der Waals surface area contributed by atoms with Crippen LogP contribution in [0.2, 0.25) is 0 Å². The molecule has 0 fully saturated rings. The third-order valence-electron chi connectivity index (χ3n) is 5.56. The van der Waals surface area contributed by atoms with Crippen molar-refractivity contribution in [1.29, 1.82) is 0 Å². The van der Waals surface area contributed by atoms with Crippen LogP contribution in [-0.4, -0.2) is 13.0 Å². The van der Waals surface area contributed by atoms with E-state index in [2.05, 4.69) is 11.3 Å². The molecule has 0 aliphatic rings. The summed E-state index contributed by atoms with van der Waals surface area (Å²) in [6, 6.07) is 15.8. The van der Waals surface area contributed by atoms with Gasteiger partial charge in [0.05, 0.1) is 0 Å². The van der Waals surface area contributed by atoms with E-state index in [9.17, 15) is 22.0 Å². The molecule has 0 radical (unpaired) electrons. The molecule has 4 aromatic rings. The topological polar surface area (TPSA) is 18.5 Å². The van der Waals surface area contributed by atoms with Gasteiger partial charge in [0.15, 0.2) is 11.6 Å². The maximum Gasteiger partial charge on any atom is 0.573 e. The Morgan fingerprint density at radius 3 is 2.31 bits per heavy atom. The highest BCUT2D eigenvalue weighted by atomic mass is 19.4. The molecule has 0 saturated heterocycles. The predicted molar refractivity (Wildman–Crippen MR) is 125 cm³/mol. The lowest BCUT2D eigenvalue weighted by molar-refractivity contribution is -0.275. The average Bonchev–Trinajstić information content (AvgIpc) is 2.83. The number of halogens is 6. The van der Waals surface area contributed by atoms with Crippen LogP contribution in [0.5, 0.6) is 11.5 Å². The first-order valence-corrected chi connectivity index (χ1v) is 10.9. The van der Waals surface area contributed by atoms with Gasteiger partial charge in [-0.1, -0.05) is 43.0 Å². The highest BCUT2D eigenvalue weighted by Gasteiger charge is 2.32. The van der Waals surface area contributed by atoms with E-state index in [0.717, 1.165) is 12.1 Å². The van der Waals surface area contributed by atoms with Crippen molar-refractivity contribution < 1.29 is 35.8 Å². The molecule has 0 aliphatic carbocycles. The monoisotopic (exact) mass is 502 g/mol. The van der Waals surface area contributed by atoms with Crippen LogP contribution in [-0.2, 0) is 12.8 Å². The number of fused-ring (bicyclic) bond motifs is 1. The van der Waals surface area contributed by atoms with E-state index in [1.807, 2.05) is 0 Å². The van der Waals surface area contributed by atoms with Crippen molar-refractivity contribution in [2.24, 2.45) is 0 Å². The largest absolute Gasteiger partial charge is 0.573 e. The van der Waals surface area contributed by atoms with Crippen LogP contribution in [0.3, 0.4) is 0 Å². The molecule has 186 valence electrons. The predicted octanol–water partition coefficient (Wildman–Crippen LogP) is 8.17. The fourth-order valence-electron chi connectivity index (χ4n) is 3.86. The zero-order chi connectivity index (χ0) is 25.9. The lowest BCUT2D eigenvalue weighted by Crippen LogP contribution is -2.18. The minimum absolute atomic E-state index is 0.198. The normalized spacial score (nSPS) is 11.5. The van der Waals surface area contributed by atoms with Crippen molar-refractivity contribution >= 4 is 10.8 Å². The van der Waals surface area contributed by atoms with Gasteiger partial charge in [0.25, 0.3) is 0 Å². The summed E-state index contributed by atoms with van der Waals surface area (Å²) in [4.78, 5) is 0. The third kappa shape index (κ3) is 5.82. The molecule has 8 heteroatoms. The summed E-state index contributed by atoms with van der Waals surface area (Å²) in [6.45, 7) is 3.80. The Labute approximate surface area is 203 Å². The molecular formula is C28H20F6O2. The first-order chi connectivity index (χ1) is 17.1. The Morgan fingerprint density at radius 2 is 1.61 bits per heavy atom. The number of hydrogen-bond donors (Lipinski definition) is 0. The van der Waals surface area contributed by atoms with Crippen LogP contribution in [0, 0.1) is 17.5 Å². The van der Waals surface area contributed by atoms with Crippen LogP contribution in [0.25, 0.3) is 21.9 Å². The standard InChI is InChI=1S/C28H20F6O2/c1-2-13-35-21-9-11-22(24(29)16-21)19-8-10-23-20(15-19)7-6-18(27(23)31)5-3-17-4-12-26(25(30)14-17)36-28(32,33)34/h2,4,6-12,14-16H,1,3,5,13H2. The van der Waals surface area contributed by atoms with Crippen LogP contribution >= 0.6 is 0 Å². The quantitative estimate of drug-likeness (QED) is 0.179. The zero-order valence-corrected chi connectivity index (χ0v) is 18.8. The van der Waals surface area contributed by atoms with Crippen LogP contribution in [0.1, 0.15) is 11.1 Å². The highest BCUT2D eigenvalue weighted by Crippen LogP contribution is 2.31. The first-order valence-electron chi connectivity index (χ1n) is 10.9. The molecule has 4 aromatic carbocycles. The fourth-order valence-corrected chi connectivity index (χ4v) is 3.86. The molecule has 0 unspecified atom stereocenters. The van der Waals surface area contributed by atoms with Gasteiger partial charge < -0.3 is 9.47 Å². The van der Waals surface area contributed by atoms with Gasteiger partial charge in [-0.25, -0.2) is 13.2 Å². The summed E-state index contributed by atoms with van der Waals surface area (Å²) in [7, 11) is 0. The van der Waals surface area contributed by atoms with Crippen molar-refractivity contribution in [2.75, 3.05) is 6.61 Å². The number of benzene rings is 4. The SMILES string of the molecule is C=CCOc1ccc(-c2ccc3c(F)c(CCc4ccc(OC(F)(F)F)c(F)c4)ccc3c2)c(F)c1. The molecular weight excluding hydrogens is 482 g/mol. The van der Waals surface area contributed by atoms with E-state index >= 15 is 4.39 Å². The summed E-state index contributed by atoms with van der Waals surface area (Å²) in [5.74, 6) is -2.65. The Morgan fingerprint density at radius 1 is 0.806 bits per heavy atom. The Balaban J connectivity index is 1.52. The van der Waals surface area contributed by atoms with Gasteiger partial charge in [0, 0.05) is 17.0 Å². The van der Waals surface area contributed by atoms with E-state index in [-0.39, 0.29) is 19.4 Å². The number of hydrogen-bond acceptors (Lipinski definition) is 2. The van der Waals surface area contributed by atoms with E-state index in [0.29, 0.717) is 38.8 Å². The zero-order valence-electron chi connectivity index (χ0n) is 18.8. The summed E-state index contributed by atoms with van der Waals surface area (Å²) in [6.07, 6.45) is -3.04. The second kappa shape index (κ2) is 10.4. The summed E-state index contributed by atoms with van der Waals surface area (Å²) >= 11 is 0. The molecule has 2 nitrogen and oxygen atoms in total. The lowest BCUT2D eigenvalue weighted by Gasteiger charge is -2.12. The summed E-state index contributed by atoms with van der Waals surface area (Å²) in [5, 5.41) is 0.905. The second-order valence-corrected chi connectivity index (χ2v) is 8.03. The summed E-state index contributed by atoms with van der Waals surface area (Å²) in [5.41, 5.74) is 1.67. The number of aryl methyl sites for hydroxylation is 2. The number of rotatable bonds is 8. The van der Waals surface area contributed by atoms with Gasteiger partial charge in [-0.05, 0) is 65.3 Å². The van der Waals surface area contributed by atoms with Gasteiger partial charge in [0.1, 0.15) is 24.0 Å². The highest BCUT2D eigenvalue weighted by molar-refractivity contribution is 5.88. The van der Waals surface area contributed by atoms with Gasteiger partial charge in [0.2, 0.25) is 0 Å². The van der Waals surface area contributed by atoms with Crippen molar-refractivity contribution in [3.63, 3.8) is 0 Å². The minimum atomic E-state index is -4.99. The third-order valence-corrected chi connectivity index (χ3v) is 5.56. The molecule has 0 N–H and O–H groups in total. The second-order valence-electron chi connectivity index (χ2n) is 8.03. The van der Waals surface area contributed by atoms with Gasteiger partial charge >= 0.3 is 6.36 Å². The Kier molecular flexibility index (Phi) is 7.24. The molecule has 0 heterocycles.